The van der Waals surface area contributed by atoms with E-state index >= 15 is 4.39 Å². The van der Waals surface area contributed by atoms with Crippen LogP contribution in [0.3, 0.4) is 0 Å². The fourth-order valence-corrected chi connectivity index (χ4v) is 8.23. The van der Waals surface area contributed by atoms with Crippen molar-refractivity contribution < 1.29 is 41.3 Å². The Morgan fingerprint density at radius 2 is 2.06 bits per heavy atom. The van der Waals surface area contributed by atoms with Crippen molar-refractivity contribution in [1.29, 1.82) is 0 Å². The number of ether oxygens (including phenoxy) is 2. The van der Waals surface area contributed by atoms with E-state index in [4.69, 9.17) is 30.1 Å². The average Bonchev–Trinajstić information content (AvgIpc) is 3.79. The first-order valence-electron chi connectivity index (χ1n) is 17.4. The van der Waals surface area contributed by atoms with Crippen LogP contribution in [0.5, 0.6) is 11.9 Å². The molecule has 0 unspecified atom stereocenters. The fraction of sp³-hybridized carbons (Fsp3) is 0.444. The van der Waals surface area contributed by atoms with Gasteiger partial charge in [-0.05, 0) is 63.4 Å². The second-order valence-electron chi connectivity index (χ2n) is 14.0. The number of anilines is 2. The number of benzene rings is 1. The second-order valence-corrected chi connectivity index (χ2v) is 14.0. The SMILES string of the molecule is Cc1cc2[nH]ncc2c(-c2nc3c4c(nc(OC[C@@]56CCCN5C[C@H](F)C6)nc4c2F)N([C@H](C)c2cccnc2N)[C@@H](C)CO3)c1CC(F)(F)F.O=CO. The maximum atomic E-state index is 17.3. The number of pyridine rings is 2. The zero-order chi connectivity index (χ0) is 38.5. The molecule has 5 aromatic rings. The van der Waals surface area contributed by atoms with Crippen LogP contribution in [0.2, 0.25) is 0 Å². The minimum Gasteiger partial charge on any atom is -0.483 e. The lowest BCUT2D eigenvalue weighted by atomic mass is 9.92. The molecule has 13 nitrogen and oxygen atoms in total. The average molecular weight is 756 g/mol. The summed E-state index contributed by atoms with van der Waals surface area (Å²) in [5, 5.41) is 14.1. The highest BCUT2D eigenvalue weighted by molar-refractivity contribution is 6.01. The Balaban J connectivity index is 0.00000145. The molecule has 0 saturated carbocycles. The monoisotopic (exact) mass is 755 g/mol. The van der Waals surface area contributed by atoms with Crippen LogP contribution in [0, 0.1) is 12.7 Å². The molecule has 3 aliphatic rings. The number of rotatable bonds is 7. The summed E-state index contributed by atoms with van der Waals surface area (Å²) in [6.07, 6.45) is -2.08. The number of nitrogens with two attached hydrogens (primary N) is 1. The van der Waals surface area contributed by atoms with Gasteiger partial charge in [-0.25, -0.2) is 18.7 Å². The first kappa shape index (κ1) is 36.9. The molecule has 2 fully saturated rings. The minimum absolute atomic E-state index is 0.0450. The highest BCUT2D eigenvalue weighted by atomic mass is 19.4. The van der Waals surface area contributed by atoms with Crippen LogP contribution in [0.4, 0.5) is 33.6 Å². The fourth-order valence-electron chi connectivity index (χ4n) is 8.23. The maximum Gasteiger partial charge on any atom is 0.393 e. The van der Waals surface area contributed by atoms with Crippen LogP contribution in [0.1, 0.15) is 55.8 Å². The van der Waals surface area contributed by atoms with Gasteiger partial charge in [0.05, 0.1) is 35.8 Å². The molecule has 4 N–H and O–H groups in total. The number of fused-ring (bicyclic) bond motifs is 2. The number of hydrogen-bond donors (Lipinski definition) is 3. The number of alkyl halides is 4. The number of carboxylic acid groups (broad SMARTS) is 1. The summed E-state index contributed by atoms with van der Waals surface area (Å²) in [7, 11) is 0. The summed E-state index contributed by atoms with van der Waals surface area (Å²) in [5.41, 5.74) is 6.32. The molecule has 4 aromatic heterocycles. The second kappa shape index (κ2) is 14.1. The molecule has 0 spiro atoms. The number of nitrogen functional groups attached to an aromatic ring is 1. The predicted molar refractivity (Wildman–Crippen MR) is 189 cm³/mol. The van der Waals surface area contributed by atoms with E-state index in [-0.39, 0.29) is 76.1 Å². The Morgan fingerprint density at radius 3 is 2.80 bits per heavy atom. The summed E-state index contributed by atoms with van der Waals surface area (Å²) in [6, 6.07) is 4.13. The summed E-state index contributed by atoms with van der Waals surface area (Å²) < 4.78 is 86.5. The summed E-state index contributed by atoms with van der Waals surface area (Å²) in [4.78, 5) is 30.6. The number of aromatic amines is 1. The standard InChI is InChI=1S/C35H36F5N9O2.CH2O2/c1-17-10-24-23(13-43-47-24)25(22(17)12-35(38,39)40)28-27(37)29-26-31(46-33(45-29)51-16-34-7-5-9-48(34)14-20(36)11-34)49(18(2)15-50-32(26)44-28)19(3)21-6-4-8-42-30(21)41;2-1-3/h4,6,8,10,13,18-20H,5,7,9,11-12,14-16H2,1-3H3,(H2,41,42)(H,43,47);1H,(H,2,3)/t18-,19+,20+,34-;/m0./s1. The number of carbonyl (C=O) groups is 1. The van der Waals surface area contributed by atoms with Gasteiger partial charge in [-0.3, -0.25) is 14.8 Å². The molecule has 0 radical (unpaired) electrons. The molecule has 7 heterocycles. The van der Waals surface area contributed by atoms with Gasteiger partial charge in [-0.1, -0.05) is 6.07 Å². The third kappa shape index (κ3) is 6.56. The number of H-pyrrole nitrogens is 1. The molecule has 8 rings (SSSR count). The Morgan fingerprint density at radius 1 is 1.28 bits per heavy atom. The van der Waals surface area contributed by atoms with Crippen LogP contribution in [0.25, 0.3) is 33.1 Å². The van der Waals surface area contributed by atoms with Crippen molar-refractivity contribution in [2.45, 2.75) is 76.4 Å². The van der Waals surface area contributed by atoms with Gasteiger partial charge in [0.1, 0.15) is 47.6 Å². The number of aromatic nitrogens is 6. The molecule has 18 heteroatoms. The van der Waals surface area contributed by atoms with Gasteiger partial charge in [0, 0.05) is 35.7 Å². The van der Waals surface area contributed by atoms with Gasteiger partial charge in [0.15, 0.2) is 5.82 Å². The Bertz CT molecular complexity index is 2220. The smallest absolute Gasteiger partial charge is 0.393 e. The third-order valence-corrected chi connectivity index (χ3v) is 10.6. The van der Waals surface area contributed by atoms with Crippen LogP contribution in [-0.4, -0.2) is 96.8 Å². The van der Waals surface area contributed by atoms with Gasteiger partial charge in [-0.15, -0.1) is 0 Å². The van der Waals surface area contributed by atoms with Crippen LogP contribution in [-0.2, 0) is 11.2 Å². The molecule has 0 amide bonds. The lowest BCUT2D eigenvalue weighted by molar-refractivity contribution is -0.127. The van der Waals surface area contributed by atoms with E-state index in [0.29, 0.717) is 29.9 Å². The molecule has 286 valence electrons. The number of aryl methyl sites for hydroxylation is 1. The molecule has 0 bridgehead atoms. The molecule has 1 aromatic carbocycles. The normalized spacial score (nSPS) is 21.7. The maximum absolute atomic E-state index is 17.3. The van der Waals surface area contributed by atoms with Crippen molar-refractivity contribution in [2.75, 3.05) is 36.9 Å². The van der Waals surface area contributed by atoms with Crippen molar-refractivity contribution in [3.05, 3.63) is 53.1 Å². The number of hydrogen-bond acceptors (Lipinski definition) is 11. The largest absolute Gasteiger partial charge is 0.483 e. The molecular formula is C36H38F5N9O4. The summed E-state index contributed by atoms with van der Waals surface area (Å²) in [5.74, 6) is -0.480. The molecule has 0 aliphatic carbocycles. The first-order valence-corrected chi connectivity index (χ1v) is 17.4. The van der Waals surface area contributed by atoms with E-state index in [1.807, 2.05) is 24.8 Å². The molecule has 2 saturated heterocycles. The van der Waals surface area contributed by atoms with Crippen molar-refractivity contribution >= 4 is 39.9 Å². The highest BCUT2D eigenvalue weighted by Crippen LogP contribution is 2.46. The van der Waals surface area contributed by atoms with Crippen molar-refractivity contribution in [2.24, 2.45) is 0 Å². The van der Waals surface area contributed by atoms with Gasteiger partial charge >= 0.3 is 12.2 Å². The third-order valence-electron chi connectivity index (χ3n) is 10.6. The van der Waals surface area contributed by atoms with E-state index in [9.17, 15) is 17.6 Å². The van der Waals surface area contributed by atoms with Gasteiger partial charge < -0.3 is 25.2 Å². The lowest BCUT2D eigenvalue weighted by Gasteiger charge is -2.35. The number of halogens is 5. The Hall–Kier alpha value is -5.39. The summed E-state index contributed by atoms with van der Waals surface area (Å²) in [6.45, 7) is 6.27. The number of nitrogens with zero attached hydrogens (tertiary/aromatic N) is 7. The molecular weight excluding hydrogens is 717 g/mol. The quantitative estimate of drug-likeness (QED) is 0.129. The van der Waals surface area contributed by atoms with Crippen LogP contribution in [0.15, 0.2) is 30.6 Å². The Labute approximate surface area is 305 Å². The highest BCUT2D eigenvalue weighted by Gasteiger charge is 2.49. The molecule has 4 atom stereocenters. The van der Waals surface area contributed by atoms with Crippen molar-refractivity contribution in [3.8, 4) is 23.1 Å². The first-order chi connectivity index (χ1) is 25.7. The van der Waals surface area contributed by atoms with E-state index in [1.165, 1.54) is 13.1 Å². The number of nitrogens with one attached hydrogen (secondary N) is 1. The molecule has 3 aliphatic heterocycles. The van der Waals surface area contributed by atoms with Gasteiger partial charge in [0.25, 0.3) is 6.47 Å². The van der Waals surface area contributed by atoms with E-state index < -0.39 is 42.2 Å². The molecule has 54 heavy (non-hydrogen) atoms. The topological polar surface area (TPSA) is 168 Å². The zero-order valence-electron chi connectivity index (χ0n) is 29.6. The Kier molecular flexibility index (Phi) is 9.66. The predicted octanol–water partition coefficient (Wildman–Crippen LogP) is 6.10. The van der Waals surface area contributed by atoms with Crippen molar-refractivity contribution in [1.82, 2.24) is 35.0 Å². The zero-order valence-corrected chi connectivity index (χ0v) is 29.6. The van der Waals surface area contributed by atoms with E-state index in [1.54, 1.807) is 18.3 Å². The van der Waals surface area contributed by atoms with Crippen molar-refractivity contribution in [3.63, 3.8) is 0 Å². The lowest BCUT2D eigenvalue weighted by Crippen LogP contribution is -2.43. The van der Waals surface area contributed by atoms with Crippen LogP contribution < -0.4 is 20.1 Å². The van der Waals surface area contributed by atoms with Crippen LogP contribution >= 0.6 is 0 Å². The summed E-state index contributed by atoms with van der Waals surface area (Å²) >= 11 is 0. The minimum atomic E-state index is -4.60. The van der Waals surface area contributed by atoms with Gasteiger partial charge in [-0.2, -0.15) is 28.2 Å². The van der Waals surface area contributed by atoms with Gasteiger partial charge in [0.2, 0.25) is 5.88 Å². The van der Waals surface area contributed by atoms with E-state index in [0.717, 1.165) is 19.4 Å². The van der Waals surface area contributed by atoms with E-state index in [2.05, 4.69) is 30.0 Å².